The number of halogens is 4. The van der Waals surface area contributed by atoms with E-state index in [1.54, 1.807) is 30.3 Å². The zero-order chi connectivity index (χ0) is 27.0. The van der Waals surface area contributed by atoms with Gasteiger partial charge in [-0.1, -0.05) is 18.2 Å². The average molecular weight is 545 g/mol. The van der Waals surface area contributed by atoms with Gasteiger partial charge in [-0.25, -0.2) is 13.2 Å². The molecule has 0 unspecified atom stereocenters. The van der Waals surface area contributed by atoms with Crippen LogP contribution in [0.4, 0.5) is 18.9 Å². The maximum Gasteiger partial charge on any atom is 0.268 e. The molecule has 1 aliphatic carbocycles. The molecule has 2 aromatic heterocycles. The van der Waals surface area contributed by atoms with E-state index < -0.39 is 52.9 Å². The molecule has 5 atom stereocenters. The molecule has 0 bridgehead atoms. The summed E-state index contributed by atoms with van der Waals surface area (Å²) in [7, 11) is 0. The highest BCUT2D eigenvalue weighted by atomic mass is 35.5. The van der Waals surface area contributed by atoms with Gasteiger partial charge in [0.2, 0.25) is 6.43 Å². The third-order valence-corrected chi connectivity index (χ3v) is 7.86. The Bertz CT molecular complexity index is 1350. The van der Waals surface area contributed by atoms with Crippen LogP contribution in [0.15, 0.2) is 67.3 Å². The van der Waals surface area contributed by atoms with Gasteiger partial charge in [-0.05, 0) is 43.0 Å². The number of benzene rings is 1. The first-order valence-electron chi connectivity index (χ1n) is 12.1. The molecular weight excluding hydrogens is 521 g/mol. The predicted molar refractivity (Wildman–Crippen MR) is 133 cm³/mol. The van der Waals surface area contributed by atoms with Gasteiger partial charge in [-0.2, -0.15) is 0 Å². The number of nitrogens with zero attached hydrogens (tertiary/aromatic N) is 3. The average Bonchev–Trinajstić information content (AvgIpc) is 3.13. The minimum absolute atomic E-state index is 0.0350. The van der Waals surface area contributed by atoms with E-state index >= 15 is 0 Å². The van der Waals surface area contributed by atoms with E-state index in [0.29, 0.717) is 5.69 Å². The van der Waals surface area contributed by atoms with Crippen LogP contribution in [0.1, 0.15) is 34.3 Å². The van der Waals surface area contributed by atoms with E-state index in [9.17, 15) is 27.9 Å². The van der Waals surface area contributed by atoms with Crippen molar-refractivity contribution in [3.8, 4) is 0 Å². The number of carbonyl (C=O) groups is 2. The van der Waals surface area contributed by atoms with Gasteiger partial charge in [-0.3, -0.25) is 19.6 Å². The second-order valence-electron chi connectivity index (χ2n) is 9.60. The summed E-state index contributed by atoms with van der Waals surface area (Å²) >= 11 is 6.67. The molecule has 3 aromatic rings. The number of para-hydroxylation sites is 1. The molecule has 2 N–H and O–H groups in total. The summed E-state index contributed by atoms with van der Waals surface area (Å²) in [6.07, 6.45) is 2.30. The first-order chi connectivity index (χ1) is 18.2. The number of rotatable bonds is 6. The number of anilines is 1. The fourth-order valence-electron chi connectivity index (χ4n) is 5.39. The summed E-state index contributed by atoms with van der Waals surface area (Å²) in [6, 6.07) is 9.79. The molecule has 1 aliphatic heterocycles. The maximum atomic E-state index is 14.2. The Morgan fingerprint density at radius 3 is 2.66 bits per heavy atom. The number of aromatic nitrogens is 2. The molecule has 3 heterocycles. The van der Waals surface area contributed by atoms with Crippen molar-refractivity contribution in [2.24, 2.45) is 11.8 Å². The van der Waals surface area contributed by atoms with Crippen LogP contribution in [-0.2, 0) is 10.4 Å². The molecule has 2 aliphatic rings. The summed E-state index contributed by atoms with van der Waals surface area (Å²) in [5, 5.41) is 13.6. The maximum absolute atomic E-state index is 14.2. The number of amides is 2. The third kappa shape index (κ3) is 4.63. The smallest absolute Gasteiger partial charge is 0.268 e. The Kier molecular flexibility index (Phi) is 7.11. The summed E-state index contributed by atoms with van der Waals surface area (Å²) in [6.45, 7) is -0.0401. The Balaban J connectivity index is 1.39. The lowest BCUT2D eigenvalue weighted by Crippen LogP contribution is -2.52. The fourth-order valence-corrected chi connectivity index (χ4v) is 5.77. The second-order valence-corrected chi connectivity index (χ2v) is 10.2. The van der Waals surface area contributed by atoms with Gasteiger partial charge < -0.3 is 15.3 Å². The second kappa shape index (κ2) is 10.3. The largest absolute Gasteiger partial charge is 0.372 e. The van der Waals surface area contributed by atoms with Gasteiger partial charge in [0, 0.05) is 53.6 Å². The fraction of sp³-hybridized carbons (Fsp3) is 0.333. The van der Waals surface area contributed by atoms with Crippen LogP contribution >= 0.6 is 11.6 Å². The Hall–Kier alpha value is -3.50. The van der Waals surface area contributed by atoms with Crippen molar-refractivity contribution in [2.75, 3.05) is 11.4 Å². The molecule has 198 valence electrons. The normalized spacial score (nSPS) is 26.9. The van der Waals surface area contributed by atoms with Crippen LogP contribution in [0.25, 0.3) is 0 Å². The van der Waals surface area contributed by atoms with Gasteiger partial charge in [0.25, 0.3) is 11.8 Å². The van der Waals surface area contributed by atoms with Crippen molar-refractivity contribution in [3.05, 3.63) is 89.8 Å². The lowest BCUT2D eigenvalue weighted by atomic mass is 9.77. The van der Waals surface area contributed by atoms with E-state index in [2.05, 4.69) is 15.3 Å². The standard InChI is InChI=1S/C27H24ClF3N4O3/c28-21-10-22(34-25(36)15-4-3-7-32-11-15)19(24(30)31)8-16(21)14-35-23-6-2-1-5-20(23)27(38,26(35)37)17-9-18(29)13-33-12-17/h1-7,9,11-13,16,19,21-22,24,38H,8,10,14H2,(H,34,36)/t16-,19-,21-,22-,27+/m1/s1. The van der Waals surface area contributed by atoms with Crippen molar-refractivity contribution in [1.82, 2.24) is 15.3 Å². The number of hydrogen-bond acceptors (Lipinski definition) is 5. The first kappa shape index (κ1) is 26.1. The molecule has 1 saturated carbocycles. The molecule has 0 saturated heterocycles. The number of carbonyl (C=O) groups excluding carboxylic acids is 2. The SMILES string of the molecule is O=C(N[C@@H]1C[C@@H](Cl)[C@@H](CN2C(=O)[C@](O)(c3cncc(F)c3)c3ccccc32)C[C@H]1C(F)F)c1cccnc1. The molecule has 2 amide bonds. The summed E-state index contributed by atoms with van der Waals surface area (Å²) < 4.78 is 42.3. The highest BCUT2D eigenvalue weighted by Crippen LogP contribution is 2.46. The van der Waals surface area contributed by atoms with E-state index in [4.69, 9.17) is 11.6 Å². The molecule has 0 spiro atoms. The number of hydrogen-bond donors (Lipinski definition) is 2. The highest BCUT2D eigenvalue weighted by Gasteiger charge is 2.53. The number of aliphatic hydroxyl groups is 1. The Morgan fingerprint density at radius 1 is 1.16 bits per heavy atom. The van der Waals surface area contributed by atoms with Crippen LogP contribution in [0.3, 0.4) is 0 Å². The van der Waals surface area contributed by atoms with E-state index in [1.165, 1.54) is 29.6 Å². The molecule has 0 radical (unpaired) electrons. The van der Waals surface area contributed by atoms with Crippen LogP contribution in [-0.4, -0.2) is 51.3 Å². The molecule has 11 heteroatoms. The summed E-state index contributed by atoms with van der Waals surface area (Å²) in [5.74, 6) is -3.74. The van der Waals surface area contributed by atoms with Crippen molar-refractivity contribution in [3.63, 3.8) is 0 Å². The molecule has 1 fully saturated rings. The van der Waals surface area contributed by atoms with Crippen LogP contribution < -0.4 is 10.2 Å². The van der Waals surface area contributed by atoms with Crippen molar-refractivity contribution >= 4 is 29.1 Å². The van der Waals surface area contributed by atoms with Crippen LogP contribution in [0.5, 0.6) is 0 Å². The lowest BCUT2D eigenvalue weighted by Gasteiger charge is -2.40. The molecular formula is C27H24ClF3N4O3. The predicted octanol–water partition coefficient (Wildman–Crippen LogP) is 3.90. The molecule has 38 heavy (non-hydrogen) atoms. The zero-order valence-corrected chi connectivity index (χ0v) is 20.7. The zero-order valence-electron chi connectivity index (χ0n) is 20.0. The molecule has 1 aromatic carbocycles. The summed E-state index contributed by atoms with van der Waals surface area (Å²) in [5.41, 5.74) is -1.35. The van der Waals surface area contributed by atoms with Crippen molar-refractivity contribution in [1.29, 1.82) is 0 Å². The van der Waals surface area contributed by atoms with Gasteiger partial charge in [-0.15, -0.1) is 11.6 Å². The number of nitrogens with one attached hydrogen (secondary N) is 1. The van der Waals surface area contributed by atoms with Gasteiger partial charge in [0.1, 0.15) is 5.82 Å². The molecule has 5 rings (SSSR count). The minimum atomic E-state index is -2.74. The van der Waals surface area contributed by atoms with Gasteiger partial charge in [0.15, 0.2) is 5.60 Å². The third-order valence-electron chi connectivity index (χ3n) is 7.33. The van der Waals surface area contributed by atoms with E-state index in [1.807, 2.05) is 0 Å². The van der Waals surface area contributed by atoms with Gasteiger partial charge >= 0.3 is 0 Å². The number of fused-ring (bicyclic) bond motifs is 1. The highest BCUT2D eigenvalue weighted by molar-refractivity contribution is 6.21. The lowest BCUT2D eigenvalue weighted by molar-refractivity contribution is -0.132. The molecule has 7 nitrogen and oxygen atoms in total. The van der Waals surface area contributed by atoms with Gasteiger partial charge in [0.05, 0.1) is 17.4 Å². The quantitative estimate of drug-likeness (QED) is 0.459. The Labute approximate surface area is 221 Å². The number of pyridine rings is 2. The van der Waals surface area contributed by atoms with E-state index in [-0.39, 0.29) is 36.1 Å². The number of alkyl halides is 3. The summed E-state index contributed by atoms with van der Waals surface area (Å²) in [4.78, 5) is 35.2. The van der Waals surface area contributed by atoms with Crippen LogP contribution in [0, 0.1) is 17.7 Å². The minimum Gasteiger partial charge on any atom is -0.372 e. The van der Waals surface area contributed by atoms with E-state index in [0.717, 1.165) is 12.3 Å². The Morgan fingerprint density at radius 2 is 1.95 bits per heavy atom. The van der Waals surface area contributed by atoms with Crippen LogP contribution in [0.2, 0.25) is 0 Å². The van der Waals surface area contributed by atoms with Crippen molar-refractivity contribution < 1.29 is 27.9 Å². The topological polar surface area (TPSA) is 95.4 Å². The first-order valence-corrected chi connectivity index (χ1v) is 12.5. The van der Waals surface area contributed by atoms with Crippen molar-refractivity contribution in [2.45, 2.75) is 36.3 Å². The monoisotopic (exact) mass is 544 g/mol.